The van der Waals surface area contributed by atoms with Crippen LogP contribution < -0.4 is 5.32 Å². The lowest BCUT2D eigenvalue weighted by Crippen LogP contribution is -2.41. The average molecular weight is 182 g/mol. The molecule has 13 heavy (non-hydrogen) atoms. The number of nitrogens with zero attached hydrogens (tertiary/aromatic N) is 1. The summed E-state index contributed by atoms with van der Waals surface area (Å²) in [6, 6.07) is 0.410. The highest BCUT2D eigenvalue weighted by Crippen LogP contribution is 2.26. The summed E-state index contributed by atoms with van der Waals surface area (Å²) >= 11 is 0. The first-order valence-electron chi connectivity index (χ1n) is 5.23. The first kappa shape index (κ1) is 9.00. The van der Waals surface area contributed by atoms with E-state index in [2.05, 4.69) is 10.2 Å². The summed E-state index contributed by atoms with van der Waals surface area (Å²) in [7, 11) is 0. The van der Waals surface area contributed by atoms with Crippen molar-refractivity contribution in [1.82, 2.24) is 10.2 Å². The number of piperidine rings is 1. The standard InChI is InChI=1S/C10H18N2O/c1-8(13)11-10-6-9-2-4-12(7-10)5-3-9/h9-10H,2-7H2,1H3,(H,11,13). The second kappa shape index (κ2) is 3.66. The van der Waals surface area contributed by atoms with Crippen molar-refractivity contribution in [3.63, 3.8) is 0 Å². The van der Waals surface area contributed by atoms with Gasteiger partial charge in [-0.3, -0.25) is 4.79 Å². The van der Waals surface area contributed by atoms with Crippen LogP contribution in [0.15, 0.2) is 0 Å². The van der Waals surface area contributed by atoms with Crippen molar-refractivity contribution in [3.05, 3.63) is 0 Å². The topological polar surface area (TPSA) is 32.3 Å². The number of fused-ring (bicyclic) bond motifs is 4. The van der Waals surface area contributed by atoms with Crippen LogP contribution in [0.3, 0.4) is 0 Å². The van der Waals surface area contributed by atoms with Crippen LogP contribution in [0.1, 0.15) is 26.2 Å². The molecule has 3 heteroatoms. The SMILES string of the molecule is CC(=O)NC1CC2CCN(CC2)C1. The molecular weight excluding hydrogens is 164 g/mol. The molecule has 1 N–H and O–H groups in total. The van der Waals surface area contributed by atoms with Crippen LogP contribution in [0.4, 0.5) is 0 Å². The van der Waals surface area contributed by atoms with Crippen molar-refractivity contribution in [3.8, 4) is 0 Å². The Kier molecular flexibility index (Phi) is 2.54. The molecule has 74 valence electrons. The van der Waals surface area contributed by atoms with Crippen LogP contribution in [0.5, 0.6) is 0 Å². The molecule has 1 amide bonds. The maximum Gasteiger partial charge on any atom is 0.217 e. The van der Waals surface area contributed by atoms with Gasteiger partial charge in [-0.25, -0.2) is 0 Å². The van der Waals surface area contributed by atoms with Crippen LogP contribution in [-0.4, -0.2) is 36.5 Å². The Bertz CT molecular complexity index is 183. The van der Waals surface area contributed by atoms with Crippen molar-refractivity contribution < 1.29 is 4.79 Å². The molecule has 0 aromatic rings. The molecule has 0 aromatic heterocycles. The number of carbonyl (C=O) groups excluding carboxylic acids is 1. The maximum atomic E-state index is 10.9. The molecule has 3 aliphatic rings. The second-order valence-corrected chi connectivity index (χ2v) is 4.38. The van der Waals surface area contributed by atoms with Gasteiger partial charge in [-0.15, -0.1) is 0 Å². The lowest BCUT2D eigenvalue weighted by molar-refractivity contribution is -0.119. The summed E-state index contributed by atoms with van der Waals surface area (Å²) in [5, 5.41) is 3.04. The van der Waals surface area contributed by atoms with Gasteiger partial charge in [-0.05, 0) is 38.3 Å². The van der Waals surface area contributed by atoms with Gasteiger partial charge in [-0.1, -0.05) is 0 Å². The van der Waals surface area contributed by atoms with Gasteiger partial charge in [0.2, 0.25) is 5.91 Å². The number of hydrogen-bond acceptors (Lipinski definition) is 2. The molecule has 3 rings (SSSR count). The Morgan fingerprint density at radius 1 is 1.38 bits per heavy atom. The predicted octanol–water partition coefficient (Wildman–Crippen LogP) is 0.607. The summed E-state index contributed by atoms with van der Waals surface area (Å²) in [4.78, 5) is 13.4. The normalized spacial score (nSPS) is 38.4. The van der Waals surface area contributed by atoms with Gasteiger partial charge in [0.15, 0.2) is 0 Å². The quantitative estimate of drug-likeness (QED) is 0.644. The van der Waals surface area contributed by atoms with Crippen LogP contribution in [0.25, 0.3) is 0 Å². The lowest BCUT2D eigenvalue weighted by atomic mass is 9.94. The number of nitrogens with one attached hydrogen (secondary N) is 1. The molecule has 0 aliphatic carbocycles. The van der Waals surface area contributed by atoms with E-state index in [-0.39, 0.29) is 5.91 Å². The molecule has 3 fully saturated rings. The molecule has 1 unspecified atom stereocenters. The van der Waals surface area contributed by atoms with Crippen LogP contribution in [-0.2, 0) is 4.79 Å². The van der Waals surface area contributed by atoms with Gasteiger partial charge in [-0.2, -0.15) is 0 Å². The Morgan fingerprint density at radius 3 is 2.69 bits per heavy atom. The van der Waals surface area contributed by atoms with Crippen molar-refractivity contribution in [2.24, 2.45) is 5.92 Å². The van der Waals surface area contributed by atoms with Crippen molar-refractivity contribution in [1.29, 1.82) is 0 Å². The second-order valence-electron chi connectivity index (χ2n) is 4.38. The summed E-state index contributed by atoms with van der Waals surface area (Å²) in [5.74, 6) is 0.975. The fraction of sp³-hybridized carbons (Fsp3) is 0.900. The van der Waals surface area contributed by atoms with Gasteiger partial charge < -0.3 is 10.2 Å². The minimum Gasteiger partial charge on any atom is -0.352 e. The molecule has 0 spiro atoms. The predicted molar refractivity (Wildman–Crippen MR) is 51.4 cm³/mol. The van der Waals surface area contributed by atoms with E-state index in [9.17, 15) is 4.79 Å². The van der Waals surface area contributed by atoms with Gasteiger partial charge in [0.25, 0.3) is 0 Å². The maximum absolute atomic E-state index is 10.9. The third-order valence-electron chi connectivity index (χ3n) is 3.21. The summed E-state index contributed by atoms with van der Waals surface area (Å²) in [6.45, 7) is 5.15. The van der Waals surface area contributed by atoms with Crippen molar-refractivity contribution >= 4 is 5.91 Å². The third-order valence-corrected chi connectivity index (χ3v) is 3.21. The van der Waals surface area contributed by atoms with Gasteiger partial charge in [0.1, 0.15) is 0 Å². The fourth-order valence-corrected chi connectivity index (χ4v) is 2.59. The number of hydrogen-bond donors (Lipinski definition) is 1. The molecule has 0 radical (unpaired) electrons. The molecule has 3 aliphatic heterocycles. The average Bonchev–Trinajstić information content (AvgIpc) is 2.34. The van der Waals surface area contributed by atoms with Gasteiger partial charge in [0.05, 0.1) is 0 Å². The van der Waals surface area contributed by atoms with E-state index >= 15 is 0 Å². The van der Waals surface area contributed by atoms with E-state index < -0.39 is 0 Å². The molecule has 1 atom stereocenters. The van der Waals surface area contributed by atoms with Crippen LogP contribution in [0.2, 0.25) is 0 Å². The molecule has 3 nitrogen and oxygen atoms in total. The summed E-state index contributed by atoms with van der Waals surface area (Å²) in [5.41, 5.74) is 0. The minimum absolute atomic E-state index is 0.118. The smallest absolute Gasteiger partial charge is 0.217 e. The summed E-state index contributed by atoms with van der Waals surface area (Å²) in [6.07, 6.45) is 3.85. The lowest BCUT2D eigenvalue weighted by Gasteiger charge is -2.26. The zero-order valence-corrected chi connectivity index (χ0v) is 8.25. The number of rotatable bonds is 1. The zero-order chi connectivity index (χ0) is 9.26. The van der Waals surface area contributed by atoms with E-state index in [0.717, 1.165) is 12.5 Å². The molecule has 3 saturated heterocycles. The highest BCUT2D eigenvalue weighted by molar-refractivity contribution is 5.73. The Balaban J connectivity index is 1.95. The first-order chi connectivity index (χ1) is 6.24. The minimum atomic E-state index is 0.118. The summed E-state index contributed by atoms with van der Waals surface area (Å²) < 4.78 is 0. The highest BCUT2D eigenvalue weighted by Gasteiger charge is 2.29. The van der Waals surface area contributed by atoms with Gasteiger partial charge in [0, 0.05) is 19.5 Å². The van der Waals surface area contributed by atoms with Crippen molar-refractivity contribution in [2.75, 3.05) is 19.6 Å². The largest absolute Gasteiger partial charge is 0.352 e. The Labute approximate surface area is 79.5 Å². The Hall–Kier alpha value is -0.570. The number of carbonyl (C=O) groups is 1. The first-order valence-corrected chi connectivity index (χ1v) is 5.23. The van der Waals surface area contributed by atoms with E-state index in [4.69, 9.17) is 0 Å². The zero-order valence-electron chi connectivity index (χ0n) is 8.25. The fourth-order valence-electron chi connectivity index (χ4n) is 2.59. The highest BCUT2D eigenvalue weighted by atomic mass is 16.1. The van der Waals surface area contributed by atoms with Crippen LogP contribution >= 0.6 is 0 Å². The number of amides is 1. The van der Waals surface area contributed by atoms with E-state index in [1.54, 1.807) is 6.92 Å². The van der Waals surface area contributed by atoms with E-state index in [1.165, 1.54) is 32.4 Å². The Morgan fingerprint density at radius 2 is 2.08 bits per heavy atom. The van der Waals surface area contributed by atoms with E-state index in [0.29, 0.717) is 6.04 Å². The third kappa shape index (κ3) is 2.21. The monoisotopic (exact) mass is 182 g/mol. The molecule has 2 bridgehead atoms. The van der Waals surface area contributed by atoms with Gasteiger partial charge >= 0.3 is 0 Å². The van der Waals surface area contributed by atoms with E-state index in [1.807, 2.05) is 0 Å². The molecular formula is C10H18N2O. The molecule has 0 aromatic carbocycles. The van der Waals surface area contributed by atoms with Crippen molar-refractivity contribution in [2.45, 2.75) is 32.2 Å². The molecule has 0 saturated carbocycles. The molecule has 3 heterocycles. The van der Waals surface area contributed by atoms with Crippen LogP contribution in [0, 0.1) is 5.92 Å².